The Balaban J connectivity index is 1.57. The largest absolute Gasteiger partial charge is 0.385 e. The third-order valence-electron chi connectivity index (χ3n) is 3.75. The van der Waals surface area contributed by atoms with E-state index in [-0.39, 0.29) is 0 Å². The van der Waals surface area contributed by atoms with Crippen molar-refractivity contribution in [3.05, 3.63) is 12.3 Å². The van der Waals surface area contributed by atoms with E-state index in [9.17, 15) is 0 Å². The van der Waals surface area contributed by atoms with Crippen molar-refractivity contribution in [2.24, 2.45) is 0 Å². The maximum absolute atomic E-state index is 5.66. The van der Waals surface area contributed by atoms with Gasteiger partial charge in [-0.2, -0.15) is 5.10 Å². The molecule has 1 aliphatic heterocycles. The lowest BCUT2D eigenvalue weighted by Gasteiger charge is -2.31. The van der Waals surface area contributed by atoms with Crippen molar-refractivity contribution in [1.29, 1.82) is 0 Å². The highest BCUT2D eigenvalue weighted by molar-refractivity contribution is 5.24. The summed E-state index contributed by atoms with van der Waals surface area (Å²) < 4.78 is 12.6. The first-order valence-corrected chi connectivity index (χ1v) is 7.39. The fourth-order valence-electron chi connectivity index (χ4n) is 2.56. The zero-order valence-electron chi connectivity index (χ0n) is 12.3. The molecule has 20 heavy (non-hydrogen) atoms. The molecule has 2 N–H and O–H groups in total. The van der Waals surface area contributed by atoms with Gasteiger partial charge < -0.3 is 20.1 Å². The van der Waals surface area contributed by atoms with E-state index in [4.69, 9.17) is 15.2 Å². The molecule has 1 aromatic heterocycles. The zero-order valence-corrected chi connectivity index (χ0v) is 12.3. The minimum atomic E-state index is 0.492. The summed E-state index contributed by atoms with van der Waals surface area (Å²) in [4.78, 5) is 2.46. The van der Waals surface area contributed by atoms with Gasteiger partial charge in [0.1, 0.15) is 5.82 Å². The smallest absolute Gasteiger partial charge is 0.145 e. The summed E-state index contributed by atoms with van der Waals surface area (Å²) in [5.74, 6) is 0.608. The highest BCUT2D eigenvalue weighted by Crippen LogP contribution is 2.21. The van der Waals surface area contributed by atoms with E-state index in [1.54, 1.807) is 7.11 Å². The third-order valence-corrected chi connectivity index (χ3v) is 3.75. The molecule has 0 aliphatic carbocycles. The van der Waals surface area contributed by atoms with E-state index in [1.165, 1.54) is 0 Å². The van der Waals surface area contributed by atoms with Crippen LogP contribution in [0.3, 0.4) is 0 Å². The number of likely N-dealkylation sites (tertiary alicyclic amines) is 1. The maximum atomic E-state index is 5.66. The van der Waals surface area contributed by atoms with Crippen LogP contribution in [0.5, 0.6) is 0 Å². The van der Waals surface area contributed by atoms with Gasteiger partial charge in [0, 0.05) is 46.2 Å². The lowest BCUT2D eigenvalue weighted by Crippen LogP contribution is -2.37. The molecule has 6 nitrogen and oxygen atoms in total. The van der Waals surface area contributed by atoms with Crippen LogP contribution in [0.15, 0.2) is 12.3 Å². The molecular weight excluding hydrogens is 256 g/mol. The fraction of sp³-hybridized carbons (Fsp3) is 0.786. The number of aromatic nitrogens is 2. The predicted octanol–water partition coefficient (Wildman–Crippen LogP) is 1.16. The molecule has 0 amide bonds. The minimum Gasteiger partial charge on any atom is -0.385 e. The van der Waals surface area contributed by atoms with Crippen molar-refractivity contribution in [1.82, 2.24) is 14.7 Å². The molecule has 0 atom stereocenters. The number of methoxy groups -OCH3 is 1. The second-order valence-corrected chi connectivity index (χ2v) is 5.25. The van der Waals surface area contributed by atoms with E-state index >= 15 is 0 Å². The third kappa shape index (κ3) is 4.77. The van der Waals surface area contributed by atoms with Gasteiger partial charge in [-0.1, -0.05) is 0 Å². The van der Waals surface area contributed by atoms with Crippen LogP contribution in [0, 0.1) is 0 Å². The van der Waals surface area contributed by atoms with Gasteiger partial charge in [0.2, 0.25) is 0 Å². The fourth-order valence-corrected chi connectivity index (χ4v) is 2.56. The SMILES string of the molecule is COCCCOCCN1CCC(n2ccc(N)n2)CC1. The highest BCUT2D eigenvalue weighted by Gasteiger charge is 2.20. The average molecular weight is 282 g/mol. The Labute approximate surface area is 120 Å². The molecule has 0 radical (unpaired) electrons. The van der Waals surface area contributed by atoms with Crippen LogP contribution in [0.1, 0.15) is 25.3 Å². The van der Waals surface area contributed by atoms with Crippen molar-refractivity contribution < 1.29 is 9.47 Å². The quantitative estimate of drug-likeness (QED) is 0.725. The van der Waals surface area contributed by atoms with Crippen molar-refractivity contribution in [2.45, 2.75) is 25.3 Å². The van der Waals surface area contributed by atoms with Crippen molar-refractivity contribution >= 4 is 5.82 Å². The molecular formula is C14H26N4O2. The van der Waals surface area contributed by atoms with Crippen LogP contribution in [0.25, 0.3) is 0 Å². The molecule has 0 bridgehead atoms. The molecule has 1 saturated heterocycles. The number of anilines is 1. The Morgan fingerprint density at radius 2 is 2.10 bits per heavy atom. The molecule has 1 fully saturated rings. The molecule has 0 aromatic carbocycles. The lowest BCUT2D eigenvalue weighted by atomic mass is 10.1. The monoisotopic (exact) mass is 282 g/mol. The first-order valence-electron chi connectivity index (χ1n) is 7.39. The average Bonchev–Trinajstić information content (AvgIpc) is 2.90. The topological polar surface area (TPSA) is 65.5 Å². The van der Waals surface area contributed by atoms with Gasteiger partial charge in [-0.25, -0.2) is 0 Å². The number of nitrogens with two attached hydrogens (primary N) is 1. The molecule has 1 aromatic rings. The summed E-state index contributed by atoms with van der Waals surface area (Å²) in [7, 11) is 1.72. The standard InChI is InChI=1S/C14H26N4O2/c1-19-10-2-11-20-12-9-17-6-3-13(4-7-17)18-8-5-14(15)16-18/h5,8,13H,2-4,6-7,9-12H2,1H3,(H2,15,16). The van der Waals surface area contributed by atoms with Gasteiger partial charge in [0.05, 0.1) is 12.6 Å². The van der Waals surface area contributed by atoms with Crippen LogP contribution < -0.4 is 5.73 Å². The number of ether oxygens (including phenoxy) is 2. The number of hydrogen-bond donors (Lipinski definition) is 1. The summed E-state index contributed by atoms with van der Waals surface area (Å²) in [5.41, 5.74) is 5.66. The zero-order chi connectivity index (χ0) is 14.2. The Bertz CT molecular complexity index is 375. The Kier molecular flexibility index (Phi) is 6.29. The Morgan fingerprint density at radius 3 is 2.75 bits per heavy atom. The molecule has 2 rings (SSSR count). The number of hydrogen-bond acceptors (Lipinski definition) is 5. The molecule has 114 valence electrons. The molecule has 0 spiro atoms. The van der Waals surface area contributed by atoms with Gasteiger partial charge >= 0.3 is 0 Å². The Morgan fingerprint density at radius 1 is 1.30 bits per heavy atom. The van der Waals surface area contributed by atoms with Crippen LogP contribution >= 0.6 is 0 Å². The number of piperidine rings is 1. The first kappa shape index (κ1) is 15.3. The second kappa shape index (κ2) is 8.24. The number of nitrogens with zero attached hydrogens (tertiary/aromatic N) is 3. The van der Waals surface area contributed by atoms with E-state index < -0.39 is 0 Å². The van der Waals surface area contributed by atoms with Crippen LogP contribution in [0.4, 0.5) is 5.82 Å². The lowest BCUT2D eigenvalue weighted by molar-refractivity contribution is 0.0737. The van der Waals surface area contributed by atoms with Gasteiger partial charge in [-0.15, -0.1) is 0 Å². The molecule has 6 heteroatoms. The summed E-state index contributed by atoms with van der Waals surface area (Å²) in [6.45, 7) is 5.59. The van der Waals surface area contributed by atoms with Gasteiger partial charge in [0.25, 0.3) is 0 Å². The molecule has 0 unspecified atom stereocenters. The van der Waals surface area contributed by atoms with Crippen molar-refractivity contribution in [3.8, 4) is 0 Å². The van der Waals surface area contributed by atoms with Crippen LogP contribution in [0.2, 0.25) is 0 Å². The molecule has 1 aliphatic rings. The minimum absolute atomic E-state index is 0.492. The summed E-state index contributed by atoms with van der Waals surface area (Å²) in [6.07, 6.45) is 5.21. The van der Waals surface area contributed by atoms with E-state index in [1.807, 2.05) is 16.9 Å². The first-order chi connectivity index (χ1) is 9.79. The summed E-state index contributed by atoms with van der Waals surface area (Å²) in [6, 6.07) is 2.35. The maximum Gasteiger partial charge on any atom is 0.145 e. The Hall–Kier alpha value is -1.11. The predicted molar refractivity (Wildman–Crippen MR) is 78.7 cm³/mol. The summed E-state index contributed by atoms with van der Waals surface area (Å²) >= 11 is 0. The number of nitrogen functional groups attached to an aromatic ring is 1. The highest BCUT2D eigenvalue weighted by atomic mass is 16.5. The van der Waals surface area contributed by atoms with Crippen LogP contribution in [-0.4, -0.2) is 61.2 Å². The van der Waals surface area contributed by atoms with E-state index in [0.29, 0.717) is 11.9 Å². The van der Waals surface area contributed by atoms with Gasteiger partial charge in [-0.05, 0) is 25.3 Å². The van der Waals surface area contributed by atoms with Crippen molar-refractivity contribution in [2.75, 3.05) is 52.3 Å². The van der Waals surface area contributed by atoms with Gasteiger partial charge in [-0.3, -0.25) is 4.68 Å². The van der Waals surface area contributed by atoms with E-state index in [2.05, 4.69) is 10.00 Å². The van der Waals surface area contributed by atoms with Gasteiger partial charge in [0.15, 0.2) is 0 Å². The van der Waals surface area contributed by atoms with Crippen LogP contribution in [-0.2, 0) is 9.47 Å². The molecule has 0 saturated carbocycles. The van der Waals surface area contributed by atoms with E-state index in [0.717, 1.165) is 58.7 Å². The van der Waals surface area contributed by atoms with Crippen molar-refractivity contribution in [3.63, 3.8) is 0 Å². The number of rotatable bonds is 8. The summed E-state index contributed by atoms with van der Waals surface area (Å²) in [5, 5.41) is 4.30. The molecule has 2 heterocycles. The normalized spacial score (nSPS) is 17.6. The second-order valence-electron chi connectivity index (χ2n) is 5.25.